The molecule has 0 radical (unpaired) electrons. The van der Waals surface area contributed by atoms with E-state index in [1.807, 2.05) is 0 Å². The Bertz CT molecular complexity index is 1000. The Balaban J connectivity index is 1.89. The van der Waals surface area contributed by atoms with Gasteiger partial charge in [-0.05, 0) is 49.4 Å². The molecule has 5 nitrogen and oxygen atoms in total. The first-order valence-electron chi connectivity index (χ1n) is 7.87. The van der Waals surface area contributed by atoms with Gasteiger partial charge in [0.15, 0.2) is 0 Å². The number of hydrogen-bond donors (Lipinski definition) is 1. The van der Waals surface area contributed by atoms with Gasteiger partial charge in [0.1, 0.15) is 17.7 Å². The molecular weight excluding hydrogens is 340 g/mol. The highest BCUT2D eigenvalue weighted by Crippen LogP contribution is 2.18. The number of aromatic nitrogens is 2. The lowest BCUT2D eigenvalue weighted by molar-refractivity contribution is -0.119. The van der Waals surface area contributed by atoms with Crippen molar-refractivity contribution in [2.75, 3.05) is 5.32 Å². The molecule has 0 spiro atoms. The molecule has 26 heavy (non-hydrogen) atoms. The first-order chi connectivity index (χ1) is 12.5. The quantitative estimate of drug-likeness (QED) is 0.780. The molecule has 0 aliphatic heterocycles. The summed E-state index contributed by atoms with van der Waals surface area (Å²) in [7, 11) is 0. The molecule has 2 aromatic carbocycles. The molecule has 132 valence electrons. The average Bonchev–Trinajstić information content (AvgIpc) is 2.64. The number of nitrogens with one attached hydrogen (secondary N) is 1. The predicted octanol–water partition coefficient (Wildman–Crippen LogP) is 3.39. The van der Waals surface area contributed by atoms with Gasteiger partial charge in [0.25, 0.3) is 5.56 Å². The van der Waals surface area contributed by atoms with Gasteiger partial charge in [-0.3, -0.25) is 9.59 Å². The standard InChI is InChI=1S/C19H15F2N3O2/c1-12(19(26)22-17-5-3-2-4-15(17)21)24-18(25)11-10-16(23-24)13-6-8-14(20)9-7-13/h2-12H,1H3,(H,22,26). The zero-order valence-electron chi connectivity index (χ0n) is 13.8. The van der Waals surface area contributed by atoms with E-state index in [1.165, 1.54) is 61.5 Å². The van der Waals surface area contributed by atoms with Gasteiger partial charge >= 0.3 is 0 Å². The molecule has 3 aromatic rings. The van der Waals surface area contributed by atoms with Crippen molar-refractivity contribution >= 4 is 11.6 Å². The van der Waals surface area contributed by atoms with Crippen LogP contribution in [-0.2, 0) is 4.79 Å². The summed E-state index contributed by atoms with van der Waals surface area (Å²) >= 11 is 0. The van der Waals surface area contributed by atoms with Crippen molar-refractivity contribution in [3.63, 3.8) is 0 Å². The fourth-order valence-electron chi connectivity index (χ4n) is 2.39. The molecule has 1 heterocycles. The normalized spacial score (nSPS) is 11.8. The lowest BCUT2D eigenvalue weighted by Gasteiger charge is -2.15. The molecule has 0 bridgehead atoms. The summed E-state index contributed by atoms with van der Waals surface area (Å²) < 4.78 is 27.8. The average molecular weight is 355 g/mol. The van der Waals surface area contributed by atoms with Gasteiger partial charge in [-0.2, -0.15) is 5.10 Å². The van der Waals surface area contributed by atoms with Crippen LogP contribution in [0.25, 0.3) is 11.3 Å². The number of halogens is 2. The van der Waals surface area contributed by atoms with Crippen LogP contribution in [0.15, 0.2) is 65.5 Å². The van der Waals surface area contributed by atoms with Gasteiger partial charge in [-0.25, -0.2) is 13.5 Å². The van der Waals surface area contributed by atoms with Gasteiger partial charge in [-0.15, -0.1) is 0 Å². The summed E-state index contributed by atoms with van der Waals surface area (Å²) in [6.45, 7) is 1.49. The molecule has 1 N–H and O–H groups in total. The smallest absolute Gasteiger partial charge is 0.267 e. The van der Waals surface area contributed by atoms with Crippen LogP contribution in [0.4, 0.5) is 14.5 Å². The maximum Gasteiger partial charge on any atom is 0.267 e. The second-order valence-electron chi connectivity index (χ2n) is 5.65. The summed E-state index contributed by atoms with van der Waals surface area (Å²) in [6, 6.07) is 13.1. The van der Waals surface area contributed by atoms with E-state index >= 15 is 0 Å². The van der Waals surface area contributed by atoms with Crippen molar-refractivity contribution in [3.05, 3.63) is 82.7 Å². The number of carbonyl (C=O) groups excluding carboxylic acids is 1. The lowest BCUT2D eigenvalue weighted by Crippen LogP contribution is -2.33. The van der Waals surface area contributed by atoms with E-state index in [0.29, 0.717) is 11.3 Å². The number of rotatable bonds is 4. The summed E-state index contributed by atoms with van der Waals surface area (Å²) in [5.41, 5.74) is 0.552. The Morgan fingerprint density at radius 2 is 1.73 bits per heavy atom. The molecule has 3 rings (SSSR count). The summed E-state index contributed by atoms with van der Waals surface area (Å²) in [5, 5.41) is 6.62. The molecular formula is C19H15F2N3O2. The van der Waals surface area contributed by atoms with E-state index in [4.69, 9.17) is 0 Å². The molecule has 0 fully saturated rings. The minimum absolute atomic E-state index is 0.0205. The Morgan fingerprint density at radius 3 is 2.42 bits per heavy atom. The van der Waals surface area contributed by atoms with Crippen LogP contribution in [0.1, 0.15) is 13.0 Å². The molecule has 0 aliphatic rings. The summed E-state index contributed by atoms with van der Waals surface area (Å²) in [4.78, 5) is 24.5. The highest BCUT2D eigenvalue weighted by molar-refractivity contribution is 5.93. The zero-order valence-corrected chi connectivity index (χ0v) is 13.8. The SMILES string of the molecule is CC(C(=O)Nc1ccccc1F)n1nc(-c2ccc(F)cc2)ccc1=O. The van der Waals surface area contributed by atoms with Gasteiger partial charge in [0.05, 0.1) is 11.4 Å². The highest BCUT2D eigenvalue weighted by Gasteiger charge is 2.19. The van der Waals surface area contributed by atoms with Gasteiger partial charge < -0.3 is 5.32 Å². The first-order valence-corrected chi connectivity index (χ1v) is 7.87. The summed E-state index contributed by atoms with van der Waals surface area (Å²) in [5.74, 6) is -1.55. The van der Waals surface area contributed by atoms with Gasteiger partial charge in [0.2, 0.25) is 5.91 Å². The number of amides is 1. The molecule has 1 unspecified atom stereocenters. The molecule has 1 atom stereocenters. The summed E-state index contributed by atoms with van der Waals surface area (Å²) in [6.07, 6.45) is 0. The second kappa shape index (κ2) is 7.26. The van der Waals surface area contributed by atoms with E-state index in [9.17, 15) is 18.4 Å². The van der Waals surface area contributed by atoms with Crippen LogP contribution in [0, 0.1) is 11.6 Å². The van der Waals surface area contributed by atoms with E-state index in [2.05, 4.69) is 10.4 Å². The first kappa shape index (κ1) is 17.5. The third-order valence-electron chi connectivity index (χ3n) is 3.84. The number of nitrogens with zero attached hydrogens (tertiary/aromatic N) is 2. The molecule has 1 amide bonds. The van der Waals surface area contributed by atoms with E-state index in [1.54, 1.807) is 6.07 Å². The minimum atomic E-state index is -0.970. The topological polar surface area (TPSA) is 64.0 Å². The fourth-order valence-corrected chi connectivity index (χ4v) is 2.39. The molecule has 0 saturated heterocycles. The zero-order chi connectivity index (χ0) is 18.7. The number of para-hydroxylation sites is 1. The van der Waals surface area contributed by atoms with Crippen molar-refractivity contribution in [2.24, 2.45) is 0 Å². The molecule has 1 aromatic heterocycles. The van der Waals surface area contributed by atoms with Crippen LogP contribution in [-0.4, -0.2) is 15.7 Å². The maximum absolute atomic E-state index is 13.7. The molecule has 0 saturated carbocycles. The molecule has 7 heteroatoms. The van der Waals surface area contributed by atoms with Crippen LogP contribution < -0.4 is 10.9 Å². The van der Waals surface area contributed by atoms with E-state index in [-0.39, 0.29) is 11.5 Å². The van der Waals surface area contributed by atoms with E-state index < -0.39 is 23.3 Å². The van der Waals surface area contributed by atoms with E-state index in [0.717, 1.165) is 4.68 Å². The van der Waals surface area contributed by atoms with Crippen molar-refractivity contribution in [1.82, 2.24) is 9.78 Å². The van der Waals surface area contributed by atoms with Crippen molar-refractivity contribution in [1.29, 1.82) is 0 Å². The number of carbonyl (C=O) groups is 1. The molecule has 0 aliphatic carbocycles. The number of hydrogen-bond acceptors (Lipinski definition) is 3. The fraction of sp³-hybridized carbons (Fsp3) is 0.105. The maximum atomic E-state index is 13.7. The Labute approximate surface area is 147 Å². The number of anilines is 1. The lowest BCUT2D eigenvalue weighted by atomic mass is 10.1. The highest BCUT2D eigenvalue weighted by atomic mass is 19.1. The third-order valence-corrected chi connectivity index (χ3v) is 3.84. The monoisotopic (exact) mass is 355 g/mol. The number of benzene rings is 2. The van der Waals surface area contributed by atoms with Crippen LogP contribution >= 0.6 is 0 Å². The van der Waals surface area contributed by atoms with Crippen molar-refractivity contribution < 1.29 is 13.6 Å². The van der Waals surface area contributed by atoms with Crippen LogP contribution in [0.3, 0.4) is 0 Å². The second-order valence-corrected chi connectivity index (χ2v) is 5.65. The van der Waals surface area contributed by atoms with Crippen molar-refractivity contribution in [3.8, 4) is 11.3 Å². The Kier molecular flexibility index (Phi) is 4.88. The third kappa shape index (κ3) is 3.66. The van der Waals surface area contributed by atoms with Crippen LogP contribution in [0.5, 0.6) is 0 Å². The van der Waals surface area contributed by atoms with Crippen LogP contribution in [0.2, 0.25) is 0 Å². The Morgan fingerprint density at radius 1 is 1.04 bits per heavy atom. The van der Waals surface area contributed by atoms with Gasteiger partial charge in [-0.1, -0.05) is 12.1 Å². The minimum Gasteiger partial charge on any atom is -0.322 e. The van der Waals surface area contributed by atoms with Gasteiger partial charge in [0, 0.05) is 11.6 Å². The largest absolute Gasteiger partial charge is 0.322 e. The predicted molar refractivity (Wildman–Crippen MR) is 93.6 cm³/mol. The van der Waals surface area contributed by atoms with Crippen molar-refractivity contribution in [2.45, 2.75) is 13.0 Å². The Hall–Kier alpha value is -3.35.